The van der Waals surface area contributed by atoms with Crippen LogP contribution in [-0.4, -0.2) is 19.3 Å². The molecule has 1 N–H and O–H groups in total. The fourth-order valence-electron chi connectivity index (χ4n) is 1.26. The quantitative estimate of drug-likeness (QED) is 0.801. The SMILES string of the molecule is CCOCC(C)Nc1ccc(C#N)cc1. The first-order chi connectivity index (χ1) is 7.26. The van der Waals surface area contributed by atoms with Crippen LogP contribution in [0.15, 0.2) is 24.3 Å². The molecule has 0 saturated carbocycles. The summed E-state index contributed by atoms with van der Waals surface area (Å²) in [6.07, 6.45) is 0. The Bertz CT molecular complexity index is 326. The van der Waals surface area contributed by atoms with Crippen molar-refractivity contribution >= 4 is 5.69 Å². The zero-order valence-corrected chi connectivity index (χ0v) is 9.16. The first-order valence-corrected chi connectivity index (χ1v) is 5.10. The number of ether oxygens (including phenoxy) is 1. The van der Waals surface area contributed by atoms with E-state index in [9.17, 15) is 0 Å². The lowest BCUT2D eigenvalue weighted by atomic mass is 10.2. The molecule has 3 heteroatoms. The lowest BCUT2D eigenvalue weighted by Gasteiger charge is -2.14. The molecule has 0 aliphatic heterocycles. The minimum Gasteiger partial charge on any atom is -0.380 e. The number of rotatable bonds is 5. The van der Waals surface area contributed by atoms with Gasteiger partial charge in [0.1, 0.15) is 0 Å². The lowest BCUT2D eigenvalue weighted by Crippen LogP contribution is -2.21. The second-order valence-corrected chi connectivity index (χ2v) is 3.39. The largest absolute Gasteiger partial charge is 0.380 e. The second kappa shape index (κ2) is 6.05. The van der Waals surface area contributed by atoms with Crippen LogP contribution in [0.5, 0.6) is 0 Å². The molecule has 15 heavy (non-hydrogen) atoms. The molecule has 0 bridgehead atoms. The van der Waals surface area contributed by atoms with E-state index in [4.69, 9.17) is 10.00 Å². The molecule has 80 valence electrons. The Labute approximate surface area is 90.7 Å². The Morgan fingerprint density at radius 3 is 2.60 bits per heavy atom. The van der Waals surface area contributed by atoms with Gasteiger partial charge >= 0.3 is 0 Å². The van der Waals surface area contributed by atoms with Crippen LogP contribution in [0.4, 0.5) is 5.69 Å². The van der Waals surface area contributed by atoms with Gasteiger partial charge in [-0.1, -0.05) is 0 Å². The highest BCUT2D eigenvalue weighted by Crippen LogP contribution is 2.10. The maximum atomic E-state index is 8.64. The van der Waals surface area contributed by atoms with E-state index >= 15 is 0 Å². The minimum atomic E-state index is 0.276. The van der Waals surface area contributed by atoms with Crippen LogP contribution in [0.3, 0.4) is 0 Å². The summed E-state index contributed by atoms with van der Waals surface area (Å²) in [5, 5.41) is 11.9. The van der Waals surface area contributed by atoms with Gasteiger partial charge in [-0.2, -0.15) is 5.26 Å². The Morgan fingerprint density at radius 1 is 1.40 bits per heavy atom. The Morgan fingerprint density at radius 2 is 2.07 bits per heavy atom. The first-order valence-electron chi connectivity index (χ1n) is 5.10. The number of benzene rings is 1. The predicted molar refractivity (Wildman–Crippen MR) is 60.7 cm³/mol. The van der Waals surface area contributed by atoms with Crippen molar-refractivity contribution in [3.05, 3.63) is 29.8 Å². The van der Waals surface area contributed by atoms with Crippen molar-refractivity contribution in [2.45, 2.75) is 19.9 Å². The molecule has 1 aromatic carbocycles. The van der Waals surface area contributed by atoms with Crippen LogP contribution >= 0.6 is 0 Å². The maximum Gasteiger partial charge on any atom is 0.0991 e. The van der Waals surface area contributed by atoms with E-state index in [2.05, 4.69) is 18.3 Å². The Hall–Kier alpha value is -1.53. The standard InChI is InChI=1S/C12H16N2O/c1-3-15-9-10(2)14-12-6-4-11(8-13)5-7-12/h4-7,10,14H,3,9H2,1-2H3. The summed E-state index contributed by atoms with van der Waals surface area (Å²) in [6, 6.07) is 9.78. The minimum absolute atomic E-state index is 0.276. The van der Waals surface area contributed by atoms with Crippen LogP contribution in [0.1, 0.15) is 19.4 Å². The highest BCUT2D eigenvalue weighted by Gasteiger charge is 2.01. The summed E-state index contributed by atoms with van der Waals surface area (Å²) in [4.78, 5) is 0. The molecule has 1 aromatic rings. The van der Waals surface area contributed by atoms with Crippen molar-refractivity contribution in [3.63, 3.8) is 0 Å². The summed E-state index contributed by atoms with van der Waals surface area (Å²) < 4.78 is 5.30. The van der Waals surface area contributed by atoms with Gasteiger partial charge < -0.3 is 10.1 Å². The molecule has 0 amide bonds. The summed E-state index contributed by atoms with van der Waals surface area (Å²) in [7, 11) is 0. The van der Waals surface area contributed by atoms with E-state index in [-0.39, 0.29) is 6.04 Å². The van der Waals surface area contributed by atoms with E-state index in [0.29, 0.717) is 12.2 Å². The lowest BCUT2D eigenvalue weighted by molar-refractivity contribution is 0.141. The van der Waals surface area contributed by atoms with Crippen molar-refractivity contribution < 1.29 is 4.74 Å². The second-order valence-electron chi connectivity index (χ2n) is 3.39. The number of nitrogens with zero attached hydrogens (tertiary/aromatic N) is 1. The van der Waals surface area contributed by atoms with Crippen LogP contribution < -0.4 is 5.32 Å². The summed E-state index contributed by atoms with van der Waals surface area (Å²) in [5.74, 6) is 0. The third kappa shape index (κ3) is 4.01. The van der Waals surface area contributed by atoms with Gasteiger partial charge in [-0.3, -0.25) is 0 Å². The molecule has 1 rings (SSSR count). The van der Waals surface area contributed by atoms with Gasteiger partial charge in [-0.05, 0) is 38.1 Å². The van der Waals surface area contributed by atoms with Gasteiger partial charge in [0.2, 0.25) is 0 Å². The zero-order valence-electron chi connectivity index (χ0n) is 9.16. The molecule has 0 aliphatic rings. The molecule has 3 nitrogen and oxygen atoms in total. The average Bonchev–Trinajstić information content (AvgIpc) is 2.27. The van der Waals surface area contributed by atoms with Crippen molar-refractivity contribution in [1.82, 2.24) is 0 Å². The summed E-state index contributed by atoms with van der Waals surface area (Å²) >= 11 is 0. The third-order valence-corrected chi connectivity index (χ3v) is 2.00. The summed E-state index contributed by atoms with van der Waals surface area (Å²) in [6.45, 7) is 5.47. The monoisotopic (exact) mass is 204 g/mol. The van der Waals surface area contributed by atoms with Gasteiger partial charge in [-0.15, -0.1) is 0 Å². The van der Waals surface area contributed by atoms with Crippen LogP contribution in [-0.2, 0) is 4.74 Å². The molecule has 0 aliphatic carbocycles. The number of nitrogens with one attached hydrogen (secondary N) is 1. The number of hydrogen-bond donors (Lipinski definition) is 1. The van der Waals surface area contributed by atoms with E-state index in [1.54, 1.807) is 12.1 Å². The topological polar surface area (TPSA) is 45.0 Å². The van der Waals surface area contributed by atoms with Crippen LogP contribution in [0.2, 0.25) is 0 Å². The Kier molecular flexibility index (Phi) is 4.65. The van der Waals surface area contributed by atoms with Crippen molar-refractivity contribution in [1.29, 1.82) is 5.26 Å². The molecule has 0 spiro atoms. The number of anilines is 1. The molecular formula is C12H16N2O. The van der Waals surface area contributed by atoms with E-state index in [1.165, 1.54) is 0 Å². The Balaban J connectivity index is 2.47. The van der Waals surface area contributed by atoms with E-state index < -0.39 is 0 Å². The number of nitriles is 1. The molecule has 0 saturated heterocycles. The van der Waals surface area contributed by atoms with Gasteiger partial charge in [-0.25, -0.2) is 0 Å². The third-order valence-electron chi connectivity index (χ3n) is 2.00. The average molecular weight is 204 g/mol. The van der Waals surface area contributed by atoms with Crippen molar-refractivity contribution in [2.24, 2.45) is 0 Å². The fraction of sp³-hybridized carbons (Fsp3) is 0.417. The smallest absolute Gasteiger partial charge is 0.0991 e. The van der Waals surface area contributed by atoms with Gasteiger partial charge in [0.15, 0.2) is 0 Å². The van der Waals surface area contributed by atoms with Gasteiger partial charge in [0.05, 0.1) is 18.2 Å². The molecular weight excluding hydrogens is 188 g/mol. The highest BCUT2D eigenvalue weighted by molar-refractivity contribution is 5.47. The van der Waals surface area contributed by atoms with E-state index in [1.807, 2.05) is 19.1 Å². The van der Waals surface area contributed by atoms with E-state index in [0.717, 1.165) is 12.3 Å². The molecule has 0 heterocycles. The summed E-state index contributed by atoms with van der Waals surface area (Å²) in [5.41, 5.74) is 1.69. The predicted octanol–water partition coefficient (Wildman–Crippen LogP) is 2.40. The highest BCUT2D eigenvalue weighted by atomic mass is 16.5. The van der Waals surface area contributed by atoms with Crippen LogP contribution in [0, 0.1) is 11.3 Å². The number of hydrogen-bond acceptors (Lipinski definition) is 3. The van der Waals surface area contributed by atoms with Gasteiger partial charge in [0, 0.05) is 18.3 Å². The molecule has 0 aromatic heterocycles. The fourth-order valence-corrected chi connectivity index (χ4v) is 1.26. The molecule has 0 fully saturated rings. The van der Waals surface area contributed by atoms with Crippen molar-refractivity contribution in [3.8, 4) is 6.07 Å². The van der Waals surface area contributed by atoms with Crippen molar-refractivity contribution in [2.75, 3.05) is 18.5 Å². The maximum absolute atomic E-state index is 8.64. The van der Waals surface area contributed by atoms with Crippen LogP contribution in [0.25, 0.3) is 0 Å². The molecule has 0 radical (unpaired) electrons. The molecule has 1 unspecified atom stereocenters. The first kappa shape index (κ1) is 11.5. The molecule has 1 atom stereocenters. The van der Waals surface area contributed by atoms with Gasteiger partial charge in [0.25, 0.3) is 0 Å². The zero-order chi connectivity index (χ0) is 11.1. The normalized spacial score (nSPS) is 11.8.